The number of carbonyl (C=O) groups is 2. The number of imide groups is 1. The summed E-state index contributed by atoms with van der Waals surface area (Å²) < 4.78 is 5.89. The Hall–Kier alpha value is -3.48. The number of anilines is 1. The zero-order valence-corrected chi connectivity index (χ0v) is 15.4. The highest BCUT2D eigenvalue weighted by Crippen LogP contribution is 2.53. The lowest BCUT2D eigenvalue weighted by Crippen LogP contribution is -2.33. The summed E-state index contributed by atoms with van der Waals surface area (Å²) in [6.07, 6.45) is 5.02. The Balaban J connectivity index is 1.38. The molecule has 7 heteroatoms. The molecule has 7 nitrogen and oxygen atoms in total. The average molecular weight is 390 g/mol. The van der Waals surface area contributed by atoms with E-state index in [1.54, 1.807) is 36.4 Å². The molecule has 5 rings (SSSR count). The molecule has 1 aliphatic heterocycles. The van der Waals surface area contributed by atoms with Crippen molar-refractivity contribution in [2.24, 2.45) is 23.7 Å². The summed E-state index contributed by atoms with van der Waals surface area (Å²) in [5.41, 5.74) is 1.22. The Morgan fingerprint density at radius 2 is 1.59 bits per heavy atom. The van der Waals surface area contributed by atoms with Crippen LogP contribution >= 0.6 is 0 Å². The number of carbonyl (C=O) groups excluding carboxylic acids is 2. The van der Waals surface area contributed by atoms with Crippen molar-refractivity contribution in [2.75, 3.05) is 4.90 Å². The van der Waals surface area contributed by atoms with Crippen LogP contribution < -0.4 is 9.64 Å². The summed E-state index contributed by atoms with van der Waals surface area (Å²) in [6.45, 7) is 0.172. The molecule has 1 heterocycles. The molecule has 146 valence electrons. The summed E-state index contributed by atoms with van der Waals surface area (Å²) in [7, 11) is 0. The minimum atomic E-state index is -0.455. The number of ether oxygens (including phenoxy) is 1. The predicted octanol–water partition coefficient (Wildman–Crippen LogP) is 3.49. The average Bonchev–Trinajstić information content (AvgIpc) is 3.41. The fraction of sp³-hybridized carbons (Fsp3) is 0.273. The molecule has 2 aromatic rings. The molecule has 29 heavy (non-hydrogen) atoms. The van der Waals surface area contributed by atoms with E-state index in [0.29, 0.717) is 11.4 Å². The Kier molecular flexibility index (Phi) is 3.97. The predicted molar refractivity (Wildman–Crippen MR) is 104 cm³/mol. The molecule has 3 aliphatic rings. The molecular weight excluding hydrogens is 372 g/mol. The van der Waals surface area contributed by atoms with Crippen molar-refractivity contribution in [2.45, 2.75) is 13.0 Å². The fourth-order valence-electron chi connectivity index (χ4n) is 4.78. The molecule has 0 N–H and O–H groups in total. The third-order valence-corrected chi connectivity index (χ3v) is 6.12. The number of rotatable bonds is 5. The number of fused-ring (bicyclic) bond motifs is 5. The van der Waals surface area contributed by atoms with Gasteiger partial charge in [-0.25, -0.2) is 4.90 Å². The Labute approximate surface area is 166 Å². The summed E-state index contributed by atoms with van der Waals surface area (Å²) in [6, 6.07) is 13.1. The standard InChI is InChI=1S/C22H18N2O5/c25-21-19-14-7-8-15(11-14)20(19)22(26)23(21)17-3-1-2-4-18(17)29-12-13-5-9-16(10-6-13)24(27)28/h1-10,14-15,19-20H,11-12H2. The van der Waals surface area contributed by atoms with Crippen molar-refractivity contribution in [3.63, 3.8) is 0 Å². The van der Waals surface area contributed by atoms with Gasteiger partial charge in [-0.2, -0.15) is 0 Å². The number of non-ortho nitro benzene ring substituents is 1. The topological polar surface area (TPSA) is 89.8 Å². The SMILES string of the molecule is O=C1C2C3C=CC(C3)C2C(=O)N1c1ccccc1OCc1ccc([N+](=O)[O-])cc1. The van der Waals surface area contributed by atoms with Crippen LogP contribution in [0.1, 0.15) is 12.0 Å². The van der Waals surface area contributed by atoms with Gasteiger partial charge in [0.1, 0.15) is 12.4 Å². The number of nitro groups is 1. The molecule has 2 bridgehead atoms. The number of nitrogens with zero attached hydrogens (tertiary/aromatic N) is 2. The largest absolute Gasteiger partial charge is 0.487 e. The van der Waals surface area contributed by atoms with Gasteiger partial charge in [-0.05, 0) is 48.1 Å². The van der Waals surface area contributed by atoms with Crippen molar-refractivity contribution in [3.05, 3.63) is 76.4 Å². The molecular formula is C22H18N2O5. The van der Waals surface area contributed by atoms with Gasteiger partial charge in [-0.15, -0.1) is 0 Å². The van der Waals surface area contributed by atoms with Crippen LogP contribution in [0, 0.1) is 33.8 Å². The zero-order chi connectivity index (χ0) is 20.1. The molecule has 2 aliphatic carbocycles. The van der Waals surface area contributed by atoms with E-state index in [1.807, 2.05) is 0 Å². The number of benzene rings is 2. The van der Waals surface area contributed by atoms with E-state index in [4.69, 9.17) is 4.74 Å². The number of amides is 2. The highest BCUT2D eigenvalue weighted by atomic mass is 16.6. The first-order valence-electron chi connectivity index (χ1n) is 9.56. The molecule has 1 saturated carbocycles. The monoisotopic (exact) mass is 390 g/mol. The molecule has 2 aromatic carbocycles. The van der Waals surface area contributed by atoms with Crippen LogP contribution in [0.25, 0.3) is 0 Å². The number of hydrogen-bond acceptors (Lipinski definition) is 5. The maximum Gasteiger partial charge on any atom is 0.269 e. The van der Waals surface area contributed by atoms with Crippen LogP contribution in [-0.4, -0.2) is 16.7 Å². The third-order valence-electron chi connectivity index (χ3n) is 6.12. The van der Waals surface area contributed by atoms with Crippen LogP contribution in [0.3, 0.4) is 0 Å². The van der Waals surface area contributed by atoms with Gasteiger partial charge < -0.3 is 4.74 Å². The second-order valence-corrected chi connectivity index (χ2v) is 7.69. The molecule has 0 radical (unpaired) electrons. The van der Waals surface area contributed by atoms with Crippen LogP contribution in [-0.2, 0) is 16.2 Å². The van der Waals surface area contributed by atoms with Crippen LogP contribution in [0.5, 0.6) is 5.75 Å². The van der Waals surface area contributed by atoms with Gasteiger partial charge in [0.25, 0.3) is 5.69 Å². The number of para-hydroxylation sites is 2. The lowest BCUT2D eigenvalue weighted by Gasteiger charge is -2.20. The molecule has 2 fully saturated rings. The van der Waals surface area contributed by atoms with Crippen molar-refractivity contribution in [1.82, 2.24) is 0 Å². The zero-order valence-electron chi connectivity index (χ0n) is 15.4. The first-order chi connectivity index (χ1) is 14.0. The quantitative estimate of drug-likeness (QED) is 0.337. The minimum Gasteiger partial charge on any atom is -0.487 e. The second-order valence-electron chi connectivity index (χ2n) is 7.69. The van der Waals surface area contributed by atoms with E-state index >= 15 is 0 Å². The van der Waals surface area contributed by atoms with Gasteiger partial charge >= 0.3 is 0 Å². The summed E-state index contributed by atoms with van der Waals surface area (Å²) in [4.78, 5) is 37.7. The van der Waals surface area contributed by atoms with E-state index in [1.165, 1.54) is 17.0 Å². The number of nitro benzene ring substituents is 1. The van der Waals surface area contributed by atoms with E-state index in [2.05, 4.69) is 12.2 Å². The molecule has 0 spiro atoms. The fourth-order valence-corrected chi connectivity index (χ4v) is 4.78. The van der Waals surface area contributed by atoms with Crippen molar-refractivity contribution in [3.8, 4) is 5.75 Å². The highest BCUT2D eigenvalue weighted by Gasteiger charge is 2.59. The molecule has 1 saturated heterocycles. The molecule has 2 amide bonds. The summed E-state index contributed by atoms with van der Waals surface area (Å²) >= 11 is 0. The van der Waals surface area contributed by atoms with E-state index in [0.717, 1.165) is 12.0 Å². The van der Waals surface area contributed by atoms with E-state index < -0.39 is 4.92 Å². The van der Waals surface area contributed by atoms with Crippen LogP contribution in [0.2, 0.25) is 0 Å². The smallest absolute Gasteiger partial charge is 0.269 e. The normalized spacial score (nSPS) is 26.8. The van der Waals surface area contributed by atoms with Crippen LogP contribution in [0.15, 0.2) is 60.7 Å². The van der Waals surface area contributed by atoms with Gasteiger partial charge in [0, 0.05) is 12.1 Å². The first-order valence-corrected chi connectivity index (χ1v) is 9.56. The van der Waals surface area contributed by atoms with Crippen LogP contribution in [0.4, 0.5) is 11.4 Å². The molecule has 4 unspecified atom stereocenters. The van der Waals surface area contributed by atoms with Gasteiger partial charge in [0.15, 0.2) is 0 Å². The lowest BCUT2D eigenvalue weighted by molar-refractivity contribution is -0.384. The summed E-state index contributed by atoms with van der Waals surface area (Å²) in [5, 5.41) is 10.8. The van der Waals surface area contributed by atoms with Gasteiger partial charge in [-0.1, -0.05) is 24.3 Å². The Bertz CT molecular complexity index is 1020. The maximum absolute atomic E-state index is 13.1. The second kappa shape index (κ2) is 6.55. The Morgan fingerprint density at radius 3 is 2.21 bits per heavy atom. The maximum atomic E-state index is 13.1. The minimum absolute atomic E-state index is 0.0113. The summed E-state index contributed by atoms with van der Waals surface area (Å²) in [5.74, 6) is -0.0842. The lowest BCUT2D eigenvalue weighted by atomic mass is 9.85. The van der Waals surface area contributed by atoms with E-state index in [-0.39, 0.29) is 47.8 Å². The number of allylic oxidation sites excluding steroid dienone is 2. The van der Waals surface area contributed by atoms with Crippen molar-refractivity contribution < 1.29 is 19.2 Å². The van der Waals surface area contributed by atoms with Gasteiger partial charge in [0.05, 0.1) is 22.4 Å². The van der Waals surface area contributed by atoms with Crippen molar-refractivity contribution in [1.29, 1.82) is 0 Å². The van der Waals surface area contributed by atoms with Crippen molar-refractivity contribution >= 4 is 23.2 Å². The third kappa shape index (κ3) is 2.73. The highest BCUT2D eigenvalue weighted by molar-refractivity contribution is 6.23. The Morgan fingerprint density at radius 1 is 0.966 bits per heavy atom. The van der Waals surface area contributed by atoms with Gasteiger partial charge in [-0.3, -0.25) is 19.7 Å². The molecule has 0 aromatic heterocycles. The molecule has 4 atom stereocenters. The number of hydrogen-bond donors (Lipinski definition) is 0. The van der Waals surface area contributed by atoms with E-state index in [9.17, 15) is 19.7 Å². The first kappa shape index (κ1) is 17.6. The van der Waals surface area contributed by atoms with Gasteiger partial charge in [0.2, 0.25) is 11.8 Å².